The highest BCUT2D eigenvalue weighted by Gasteiger charge is 1.98. The molecule has 0 aromatic heterocycles. The highest BCUT2D eigenvalue weighted by atomic mass is 16.2. The van der Waals surface area contributed by atoms with Crippen LogP contribution in [-0.4, -0.2) is 19.1 Å². The van der Waals surface area contributed by atoms with Crippen LogP contribution in [0.15, 0.2) is 0 Å². The Morgan fingerprint density at radius 2 is 2.20 bits per heavy atom. The minimum atomic E-state index is -0.199. The molecule has 0 fully saturated rings. The van der Waals surface area contributed by atoms with Crippen molar-refractivity contribution in [1.29, 1.82) is 0 Å². The van der Waals surface area contributed by atoms with Gasteiger partial charge in [-0.2, -0.15) is 0 Å². The summed E-state index contributed by atoms with van der Waals surface area (Å²) in [6.07, 6.45) is 0. The van der Waals surface area contributed by atoms with Crippen molar-refractivity contribution in [3.8, 4) is 11.8 Å². The van der Waals surface area contributed by atoms with Crippen LogP contribution in [0.1, 0.15) is 13.8 Å². The molecule has 10 heavy (non-hydrogen) atoms. The van der Waals surface area contributed by atoms with Crippen molar-refractivity contribution in [3.05, 3.63) is 0 Å². The molecule has 0 bridgehead atoms. The van der Waals surface area contributed by atoms with Gasteiger partial charge in [-0.1, -0.05) is 5.92 Å². The molecule has 0 aromatic rings. The van der Waals surface area contributed by atoms with E-state index >= 15 is 0 Å². The van der Waals surface area contributed by atoms with Gasteiger partial charge in [0.25, 0.3) is 0 Å². The van der Waals surface area contributed by atoms with E-state index < -0.39 is 0 Å². The number of urea groups is 1. The molecular weight excluding hydrogens is 128 g/mol. The zero-order valence-corrected chi connectivity index (χ0v) is 6.49. The molecule has 0 rings (SSSR count). The summed E-state index contributed by atoms with van der Waals surface area (Å²) in [5, 5.41) is 5.04. The Balaban J connectivity index is 3.64. The van der Waals surface area contributed by atoms with Crippen LogP contribution >= 0.6 is 0 Å². The molecule has 2 N–H and O–H groups in total. The number of hydrogen-bond donors (Lipinski definition) is 2. The van der Waals surface area contributed by atoms with Crippen molar-refractivity contribution in [3.63, 3.8) is 0 Å². The fraction of sp³-hybridized carbons (Fsp3) is 0.571. The van der Waals surface area contributed by atoms with Crippen LogP contribution in [0.4, 0.5) is 4.79 Å². The van der Waals surface area contributed by atoms with Crippen LogP contribution in [-0.2, 0) is 0 Å². The monoisotopic (exact) mass is 140 g/mol. The van der Waals surface area contributed by atoms with Crippen molar-refractivity contribution >= 4 is 6.03 Å². The first-order chi connectivity index (χ1) is 4.70. The predicted octanol–water partition coefficient (Wildman–Crippen LogP) is 0.327. The molecule has 2 amide bonds. The summed E-state index contributed by atoms with van der Waals surface area (Å²) in [6.45, 7) is 3.56. The van der Waals surface area contributed by atoms with Crippen molar-refractivity contribution < 1.29 is 4.79 Å². The third kappa shape index (κ3) is 3.79. The average Bonchev–Trinajstić information content (AvgIpc) is 1.88. The number of carbonyl (C=O) groups excluding carboxylic acids is 1. The van der Waals surface area contributed by atoms with Gasteiger partial charge in [-0.05, 0) is 13.8 Å². The standard InChI is InChI=1S/C7H12N2O/c1-4-5-6(2)9-7(10)8-3/h6H,1-3H3,(H2,8,9,10). The maximum Gasteiger partial charge on any atom is 0.315 e. The van der Waals surface area contributed by atoms with Crippen molar-refractivity contribution in [1.82, 2.24) is 10.6 Å². The summed E-state index contributed by atoms with van der Waals surface area (Å²) in [6, 6.07) is -0.278. The van der Waals surface area contributed by atoms with Crippen LogP contribution < -0.4 is 10.6 Å². The normalized spacial score (nSPS) is 10.7. The Morgan fingerprint density at radius 1 is 1.60 bits per heavy atom. The second-order valence-electron chi connectivity index (χ2n) is 1.84. The van der Waals surface area contributed by atoms with E-state index in [-0.39, 0.29) is 12.1 Å². The lowest BCUT2D eigenvalue weighted by Crippen LogP contribution is -2.38. The number of rotatable bonds is 1. The molecule has 56 valence electrons. The minimum absolute atomic E-state index is 0.0788. The molecule has 3 heteroatoms. The van der Waals surface area contributed by atoms with Crippen LogP contribution in [0.2, 0.25) is 0 Å². The molecule has 0 aliphatic heterocycles. The molecular formula is C7H12N2O. The average molecular weight is 140 g/mol. The Hall–Kier alpha value is -1.17. The molecule has 0 heterocycles. The first kappa shape index (κ1) is 8.83. The van der Waals surface area contributed by atoms with Crippen LogP contribution in [0.3, 0.4) is 0 Å². The van der Waals surface area contributed by atoms with E-state index in [1.54, 1.807) is 14.0 Å². The maximum atomic E-state index is 10.6. The van der Waals surface area contributed by atoms with Crippen LogP contribution in [0.5, 0.6) is 0 Å². The topological polar surface area (TPSA) is 41.1 Å². The third-order valence-corrected chi connectivity index (χ3v) is 0.936. The zero-order valence-electron chi connectivity index (χ0n) is 6.49. The van der Waals surface area contributed by atoms with E-state index in [1.165, 1.54) is 0 Å². The molecule has 0 aromatic carbocycles. The van der Waals surface area contributed by atoms with Gasteiger partial charge in [0.15, 0.2) is 0 Å². The maximum absolute atomic E-state index is 10.6. The van der Waals surface area contributed by atoms with Gasteiger partial charge in [-0.15, -0.1) is 5.92 Å². The Labute approximate surface area is 61.2 Å². The quantitative estimate of drug-likeness (QED) is 0.506. The molecule has 1 unspecified atom stereocenters. The first-order valence-electron chi connectivity index (χ1n) is 3.11. The Kier molecular flexibility index (Phi) is 4.14. The van der Waals surface area contributed by atoms with Gasteiger partial charge in [0.2, 0.25) is 0 Å². The summed E-state index contributed by atoms with van der Waals surface area (Å²) in [7, 11) is 1.57. The molecule has 0 spiro atoms. The van der Waals surface area contributed by atoms with Gasteiger partial charge in [0.1, 0.15) is 0 Å². The second kappa shape index (κ2) is 4.68. The Bertz CT molecular complexity index is 166. The molecule has 0 aliphatic rings. The van der Waals surface area contributed by atoms with Crippen LogP contribution in [0.25, 0.3) is 0 Å². The molecule has 0 radical (unpaired) electrons. The molecule has 3 nitrogen and oxygen atoms in total. The lowest BCUT2D eigenvalue weighted by Gasteiger charge is -2.05. The van der Waals surface area contributed by atoms with Crippen molar-refractivity contribution in [2.24, 2.45) is 0 Å². The summed E-state index contributed by atoms with van der Waals surface area (Å²) in [5.74, 6) is 5.49. The fourth-order valence-electron chi connectivity index (χ4n) is 0.521. The summed E-state index contributed by atoms with van der Waals surface area (Å²) >= 11 is 0. The van der Waals surface area contributed by atoms with Crippen LogP contribution in [0, 0.1) is 11.8 Å². The van der Waals surface area contributed by atoms with Crippen molar-refractivity contribution in [2.75, 3.05) is 7.05 Å². The fourth-order valence-corrected chi connectivity index (χ4v) is 0.521. The van der Waals surface area contributed by atoms with E-state index in [1.807, 2.05) is 6.92 Å². The molecule has 1 atom stereocenters. The number of carbonyl (C=O) groups is 1. The van der Waals surface area contributed by atoms with Gasteiger partial charge in [-0.25, -0.2) is 4.79 Å². The predicted molar refractivity (Wildman–Crippen MR) is 40.5 cm³/mol. The molecule has 0 saturated heterocycles. The van der Waals surface area contributed by atoms with E-state index in [0.29, 0.717) is 0 Å². The van der Waals surface area contributed by atoms with E-state index in [0.717, 1.165) is 0 Å². The summed E-state index contributed by atoms with van der Waals surface area (Å²) < 4.78 is 0. The lowest BCUT2D eigenvalue weighted by atomic mass is 10.3. The Morgan fingerprint density at radius 3 is 2.60 bits per heavy atom. The molecule has 0 aliphatic carbocycles. The van der Waals surface area contributed by atoms with Gasteiger partial charge < -0.3 is 10.6 Å². The van der Waals surface area contributed by atoms with Gasteiger partial charge in [-0.3, -0.25) is 0 Å². The zero-order chi connectivity index (χ0) is 7.98. The highest BCUT2D eigenvalue weighted by molar-refractivity contribution is 5.74. The highest BCUT2D eigenvalue weighted by Crippen LogP contribution is 1.75. The smallest absolute Gasteiger partial charge is 0.315 e. The molecule has 0 saturated carbocycles. The summed E-state index contributed by atoms with van der Waals surface area (Å²) in [5.41, 5.74) is 0. The van der Waals surface area contributed by atoms with Gasteiger partial charge in [0, 0.05) is 7.05 Å². The minimum Gasteiger partial charge on any atom is -0.341 e. The first-order valence-corrected chi connectivity index (χ1v) is 3.11. The largest absolute Gasteiger partial charge is 0.341 e. The van der Waals surface area contributed by atoms with Gasteiger partial charge in [0.05, 0.1) is 6.04 Å². The SMILES string of the molecule is CC#CC(C)NC(=O)NC. The summed E-state index contributed by atoms with van der Waals surface area (Å²) in [4.78, 5) is 10.6. The number of hydrogen-bond acceptors (Lipinski definition) is 1. The van der Waals surface area contributed by atoms with E-state index in [4.69, 9.17) is 0 Å². The van der Waals surface area contributed by atoms with E-state index in [2.05, 4.69) is 22.5 Å². The third-order valence-electron chi connectivity index (χ3n) is 0.936. The lowest BCUT2D eigenvalue weighted by molar-refractivity contribution is 0.242. The number of amides is 2. The number of nitrogens with one attached hydrogen (secondary N) is 2. The van der Waals surface area contributed by atoms with E-state index in [9.17, 15) is 4.79 Å². The van der Waals surface area contributed by atoms with Gasteiger partial charge >= 0.3 is 6.03 Å². The van der Waals surface area contributed by atoms with Crippen molar-refractivity contribution in [2.45, 2.75) is 19.9 Å². The second-order valence-corrected chi connectivity index (χ2v) is 1.84.